The van der Waals surface area contributed by atoms with Crippen LogP contribution in [0.25, 0.3) is 0 Å². The molecule has 0 aliphatic carbocycles. The Morgan fingerprint density at radius 3 is 2.03 bits per heavy atom. The molecule has 8 nitrogen and oxygen atoms in total. The van der Waals surface area contributed by atoms with E-state index in [9.17, 15) is 25.2 Å². The van der Waals surface area contributed by atoms with Gasteiger partial charge in [-0.3, -0.25) is 4.79 Å². The van der Waals surface area contributed by atoms with E-state index in [1.54, 1.807) is 0 Å². The summed E-state index contributed by atoms with van der Waals surface area (Å²) in [4.78, 5) is 10.4. The van der Waals surface area contributed by atoms with Crippen molar-refractivity contribution in [2.75, 3.05) is 6.61 Å². The first-order valence-corrected chi connectivity index (χ1v) is 12.2. The average Bonchev–Trinajstić information content (AvgIpc) is 2.76. The number of rotatable bonds is 18. The number of aliphatic hydroxyl groups excluding tert-OH is 4. The van der Waals surface area contributed by atoms with Crippen molar-refractivity contribution in [3.63, 3.8) is 0 Å². The van der Waals surface area contributed by atoms with Crippen molar-refractivity contribution in [3.05, 3.63) is 12.2 Å². The van der Waals surface area contributed by atoms with Crippen molar-refractivity contribution in [3.8, 4) is 0 Å². The van der Waals surface area contributed by atoms with Crippen LogP contribution in [-0.2, 0) is 14.3 Å². The number of carbonyl (C=O) groups is 1. The zero-order valence-corrected chi connectivity index (χ0v) is 19.5. The standard InChI is InChI=1S/C24H44O8/c1-18(31-24-23(30)22(29)21(28)19(17-25)32-24)15-13-11-9-7-5-3-2-4-6-8-10-12-14-16-20(26)27/h2-3,18-19,21-25,28-30H,4-17H2,1H3,(H,26,27)/t18?,19-,21-,22+,23-,24+/m1/s1. The van der Waals surface area contributed by atoms with E-state index in [1.807, 2.05) is 6.92 Å². The number of allylic oxidation sites excluding steroid dienone is 2. The summed E-state index contributed by atoms with van der Waals surface area (Å²) < 4.78 is 11.1. The Morgan fingerprint density at radius 1 is 0.875 bits per heavy atom. The van der Waals surface area contributed by atoms with Crippen molar-refractivity contribution in [1.82, 2.24) is 0 Å². The summed E-state index contributed by atoms with van der Waals surface area (Å²) in [6.45, 7) is 1.43. The molecule has 0 spiro atoms. The van der Waals surface area contributed by atoms with Gasteiger partial charge in [-0.2, -0.15) is 0 Å². The molecule has 0 radical (unpaired) electrons. The smallest absolute Gasteiger partial charge is 0.303 e. The highest BCUT2D eigenvalue weighted by Crippen LogP contribution is 2.24. The Bertz CT molecular complexity index is 510. The molecule has 1 heterocycles. The lowest BCUT2D eigenvalue weighted by molar-refractivity contribution is -0.310. The van der Waals surface area contributed by atoms with Crippen LogP contribution >= 0.6 is 0 Å². The van der Waals surface area contributed by atoms with Gasteiger partial charge < -0.3 is 35.0 Å². The predicted molar refractivity (Wildman–Crippen MR) is 121 cm³/mol. The molecular formula is C24H44O8. The number of hydrogen-bond acceptors (Lipinski definition) is 7. The van der Waals surface area contributed by atoms with E-state index >= 15 is 0 Å². The maximum atomic E-state index is 10.4. The number of aliphatic hydroxyl groups is 4. The number of hydrogen-bond donors (Lipinski definition) is 5. The molecule has 1 saturated heterocycles. The fourth-order valence-corrected chi connectivity index (χ4v) is 3.83. The van der Waals surface area contributed by atoms with Gasteiger partial charge in [0.2, 0.25) is 0 Å². The largest absolute Gasteiger partial charge is 0.481 e. The van der Waals surface area contributed by atoms with Crippen molar-refractivity contribution in [2.45, 2.75) is 127 Å². The van der Waals surface area contributed by atoms with Crippen LogP contribution in [0.1, 0.15) is 90.4 Å². The Hall–Kier alpha value is -1.03. The molecule has 1 aliphatic rings. The number of unbranched alkanes of at least 4 members (excludes halogenated alkanes) is 9. The SMILES string of the molecule is CC(CCCCCCC=CCCCCCCCC(=O)O)O[C@H]1O[C@H](CO)[C@@H](O)[C@H](O)[C@H]1O. The molecule has 6 atom stereocenters. The zero-order valence-electron chi connectivity index (χ0n) is 19.5. The molecule has 1 rings (SSSR count). The van der Waals surface area contributed by atoms with Crippen molar-refractivity contribution >= 4 is 5.97 Å². The zero-order chi connectivity index (χ0) is 23.8. The fraction of sp³-hybridized carbons (Fsp3) is 0.875. The molecule has 188 valence electrons. The van der Waals surface area contributed by atoms with Crippen LogP contribution in [0.3, 0.4) is 0 Å². The first-order chi connectivity index (χ1) is 15.4. The van der Waals surface area contributed by atoms with E-state index < -0.39 is 43.3 Å². The van der Waals surface area contributed by atoms with Gasteiger partial charge in [-0.05, 0) is 45.4 Å². The second-order valence-corrected chi connectivity index (χ2v) is 8.81. The lowest BCUT2D eigenvalue weighted by Crippen LogP contribution is -2.59. The van der Waals surface area contributed by atoms with Crippen LogP contribution in [0.2, 0.25) is 0 Å². The van der Waals surface area contributed by atoms with Crippen LogP contribution in [0.5, 0.6) is 0 Å². The summed E-state index contributed by atoms with van der Waals surface area (Å²) in [6, 6.07) is 0. The van der Waals surface area contributed by atoms with E-state index in [0.717, 1.165) is 77.0 Å². The van der Waals surface area contributed by atoms with E-state index in [-0.39, 0.29) is 12.5 Å². The molecule has 1 unspecified atom stereocenters. The van der Waals surface area contributed by atoms with Crippen molar-refractivity contribution in [2.24, 2.45) is 0 Å². The average molecular weight is 461 g/mol. The minimum atomic E-state index is -1.41. The maximum Gasteiger partial charge on any atom is 0.303 e. The maximum absolute atomic E-state index is 10.4. The van der Waals surface area contributed by atoms with Gasteiger partial charge in [0.1, 0.15) is 24.4 Å². The highest BCUT2D eigenvalue weighted by atomic mass is 16.7. The van der Waals surface area contributed by atoms with E-state index in [2.05, 4.69) is 12.2 Å². The van der Waals surface area contributed by atoms with Gasteiger partial charge in [0.15, 0.2) is 6.29 Å². The fourth-order valence-electron chi connectivity index (χ4n) is 3.83. The highest BCUT2D eigenvalue weighted by molar-refractivity contribution is 5.66. The van der Waals surface area contributed by atoms with Crippen LogP contribution in [-0.4, -0.2) is 74.9 Å². The summed E-state index contributed by atoms with van der Waals surface area (Å²) in [5, 5.41) is 47.4. The van der Waals surface area contributed by atoms with Crippen molar-refractivity contribution in [1.29, 1.82) is 0 Å². The third kappa shape index (κ3) is 12.3. The van der Waals surface area contributed by atoms with Crippen LogP contribution in [0, 0.1) is 0 Å². The third-order valence-electron chi connectivity index (χ3n) is 5.87. The lowest BCUT2D eigenvalue weighted by Gasteiger charge is -2.40. The Kier molecular flexibility index (Phi) is 15.8. The summed E-state index contributed by atoms with van der Waals surface area (Å²) in [7, 11) is 0. The first kappa shape index (κ1) is 29.0. The minimum Gasteiger partial charge on any atom is -0.481 e. The highest BCUT2D eigenvalue weighted by Gasteiger charge is 2.44. The topological polar surface area (TPSA) is 137 Å². The van der Waals surface area contributed by atoms with Gasteiger partial charge in [0, 0.05) is 6.42 Å². The number of aliphatic carboxylic acids is 1. The van der Waals surface area contributed by atoms with Gasteiger partial charge >= 0.3 is 5.97 Å². The molecular weight excluding hydrogens is 416 g/mol. The second-order valence-electron chi connectivity index (χ2n) is 8.81. The monoisotopic (exact) mass is 460 g/mol. The molecule has 0 saturated carbocycles. The summed E-state index contributed by atoms with van der Waals surface area (Å²) in [5.41, 5.74) is 0. The lowest BCUT2D eigenvalue weighted by atomic mass is 9.99. The van der Waals surface area contributed by atoms with Crippen LogP contribution in [0.15, 0.2) is 12.2 Å². The normalized spacial score (nSPS) is 27.1. The van der Waals surface area contributed by atoms with Crippen molar-refractivity contribution < 1.29 is 39.8 Å². The summed E-state index contributed by atoms with van der Waals surface area (Å²) in [6.07, 6.45) is 11.0. The Morgan fingerprint density at radius 2 is 1.44 bits per heavy atom. The molecule has 1 aliphatic heterocycles. The quantitative estimate of drug-likeness (QED) is 0.156. The molecule has 8 heteroatoms. The predicted octanol–water partition coefficient (Wildman–Crippen LogP) is 2.90. The van der Waals surface area contributed by atoms with Gasteiger partial charge in [-0.15, -0.1) is 0 Å². The first-order valence-electron chi connectivity index (χ1n) is 12.2. The minimum absolute atomic E-state index is 0.166. The molecule has 0 aromatic rings. The van der Waals surface area contributed by atoms with E-state index in [1.165, 1.54) is 0 Å². The second kappa shape index (κ2) is 17.4. The Balaban J connectivity index is 1.98. The van der Waals surface area contributed by atoms with Gasteiger partial charge in [0.25, 0.3) is 0 Å². The van der Waals surface area contributed by atoms with Gasteiger partial charge in [0.05, 0.1) is 12.7 Å². The Labute approximate surface area is 192 Å². The van der Waals surface area contributed by atoms with Crippen LogP contribution in [0.4, 0.5) is 0 Å². The molecule has 0 aromatic heterocycles. The molecule has 5 N–H and O–H groups in total. The van der Waals surface area contributed by atoms with Gasteiger partial charge in [-0.25, -0.2) is 0 Å². The number of carboxylic acids is 1. The van der Waals surface area contributed by atoms with E-state index in [0.29, 0.717) is 0 Å². The summed E-state index contributed by atoms with van der Waals surface area (Å²) >= 11 is 0. The van der Waals surface area contributed by atoms with E-state index in [4.69, 9.17) is 14.6 Å². The molecule has 0 aromatic carbocycles. The summed E-state index contributed by atoms with van der Waals surface area (Å²) in [5.74, 6) is -0.705. The molecule has 0 bridgehead atoms. The third-order valence-corrected chi connectivity index (χ3v) is 5.87. The van der Waals surface area contributed by atoms with Gasteiger partial charge in [-0.1, -0.05) is 50.7 Å². The number of ether oxygens (including phenoxy) is 2. The van der Waals surface area contributed by atoms with Crippen LogP contribution < -0.4 is 0 Å². The molecule has 1 fully saturated rings. The molecule has 0 amide bonds. The molecule has 32 heavy (non-hydrogen) atoms. The number of carboxylic acid groups (broad SMARTS) is 1.